The monoisotopic (exact) mass is 626 g/mol. The van der Waals surface area contributed by atoms with Crippen LogP contribution in [0.15, 0.2) is 18.3 Å². The molecule has 3 N–H and O–H groups in total. The van der Waals surface area contributed by atoms with Crippen molar-refractivity contribution in [1.29, 1.82) is 5.26 Å². The maximum absolute atomic E-state index is 15.3. The fourth-order valence-electron chi connectivity index (χ4n) is 8.06. The number of hydrogen-bond acceptors (Lipinski definition) is 8. The summed E-state index contributed by atoms with van der Waals surface area (Å²) in [5.41, 5.74) is 4.06. The van der Waals surface area contributed by atoms with Gasteiger partial charge >= 0.3 is 6.09 Å². The van der Waals surface area contributed by atoms with Crippen molar-refractivity contribution in [2.75, 3.05) is 26.2 Å². The lowest BCUT2D eigenvalue weighted by molar-refractivity contribution is -0.150. The Kier molecular flexibility index (Phi) is 8.72. The highest BCUT2D eigenvalue weighted by Gasteiger charge is 2.65. The largest absolute Gasteiger partial charge is 0.474 e. The second-order valence-corrected chi connectivity index (χ2v) is 14.0. The first-order valence-corrected chi connectivity index (χ1v) is 15.7. The number of amides is 4. The minimum absolute atomic E-state index is 0.0138. The molecule has 1 unspecified atom stereocenters. The summed E-state index contributed by atoms with van der Waals surface area (Å²) in [4.78, 5) is 61.2. The van der Waals surface area contributed by atoms with Crippen molar-refractivity contribution in [3.8, 4) is 11.8 Å². The van der Waals surface area contributed by atoms with Crippen molar-refractivity contribution in [3.05, 3.63) is 24.0 Å². The molecule has 0 spiro atoms. The van der Waals surface area contributed by atoms with Crippen molar-refractivity contribution in [3.63, 3.8) is 0 Å². The molecule has 2 bridgehead atoms. The first-order valence-electron chi connectivity index (χ1n) is 15.7. The Bertz CT molecular complexity index is 1390. The number of likely N-dealkylation sites (tertiary alicyclic amines) is 2. The predicted octanol–water partition coefficient (Wildman–Crippen LogP) is 2.35. The molecule has 2 saturated heterocycles. The highest BCUT2D eigenvalue weighted by atomic mass is 19.1. The molecule has 3 heterocycles. The number of rotatable bonds is 8. The minimum atomic E-state index is -1.70. The smallest absolute Gasteiger partial charge is 0.407 e. The zero-order valence-electron chi connectivity index (χ0n) is 26.5. The first kappa shape index (κ1) is 32.4. The van der Waals surface area contributed by atoms with Gasteiger partial charge in [-0.05, 0) is 67.9 Å². The standard InChI is InChI=1S/C32H43FN6O6/c1-6-44-30(43)37-14-22(31(3,4)5)27(40)38-15-21-18-10-20(23(33)11-18)25(21)26(38)28(41)39-16-32(29(35)42,12-19(39)13-34)45-24-8-7-9-36-17(24)2/h7-9,18-23,25-26H,6,10-12,14-16H2,1-5H3,(H2,35,42)(H,37,43)/t18-,19?,20+,21+,22+,23+,25-,26-,32+/m0/s1. The number of ether oxygens (including phenoxy) is 2. The minimum Gasteiger partial charge on any atom is -0.474 e. The number of nitrogens with one attached hydrogen (secondary N) is 1. The summed E-state index contributed by atoms with van der Waals surface area (Å²) in [5.74, 6) is -2.97. The molecule has 4 amide bonds. The normalized spacial score (nSPS) is 32.5. The van der Waals surface area contributed by atoms with Gasteiger partial charge in [0.25, 0.3) is 5.91 Å². The van der Waals surface area contributed by atoms with Gasteiger partial charge < -0.3 is 30.3 Å². The summed E-state index contributed by atoms with van der Waals surface area (Å²) < 4.78 is 26.4. The Hall–Kier alpha value is -3.95. The third kappa shape index (κ3) is 5.79. The molecule has 45 heavy (non-hydrogen) atoms. The second kappa shape index (κ2) is 12.1. The molecule has 2 saturated carbocycles. The van der Waals surface area contributed by atoms with Gasteiger partial charge in [-0.3, -0.25) is 19.4 Å². The zero-order chi connectivity index (χ0) is 32.8. The number of aromatic nitrogens is 1. The van der Waals surface area contributed by atoms with Crippen LogP contribution in [0.2, 0.25) is 0 Å². The Morgan fingerprint density at radius 2 is 1.98 bits per heavy atom. The first-order chi connectivity index (χ1) is 21.2. The van der Waals surface area contributed by atoms with E-state index in [1.165, 1.54) is 4.90 Å². The van der Waals surface area contributed by atoms with Crippen molar-refractivity contribution in [1.82, 2.24) is 20.1 Å². The van der Waals surface area contributed by atoms with Crippen LogP contribution in [-0.2, 0) is 19.1 Å². The molecule has 1 aromatic rings. The fourth-order valence-corrected chi connectivity index (χ4v) is 8.06. The van der Waals surface area contributed by atoms with E-state index in [1.807, 2.05) is 20.8 Å². The number of nitriles is 1. The maximum Gasteiger partial charge on any atom is 0.407 e. The van der Waals surface area contributed by atoms with E-state index < -0.39 is 64.9 Å². The summed E-state index contributed by atoms with van der Waals surface area (Å²) in [7, 11) is 0. The number of carbonyl (C=O) groups excluding carboxylic acids is 4. The number of carbonyl (C=O) groups is 4. The van der Waals surface area contributed by atoms with Crippen molar-refractivity contribution >= 4 is 23.8 Å². The molecule has 2 aliphatic carbocycles. The quantitative estimate of drug-likeness (QED) is 0.443. The Labute approximate surface area is 262 Å². The molecular formula is C32H43FN6O6. The summed E-state index contributed by atoms with van der Waals surface area (Å²) >= 11 is 0. The van der Waals surface area contributed by atoms with Crippen LogP contribution >= 0.6 is 0 Å². The number of halogens is 1. The molecule has 4 aliphatic rings. The summed E-state index contributed by atoms with van der Waals surface area (Å²) in [5, 5.41) is 12.8. The number of primary amides is 1. The highest BCUT2D eigenvalue weighted by molar-refractivity contribution is 5.93. The van der Waals surface area contributed by atoms with E-state index in [1.54, 1.807) is 37.1 Å². The average molecular weight is 627 g/mol. The molecule has 13 heteroatoms. The van der Waals surface area contributed by atoms with Gasteiger partial charge in [0.15, 0.2) is 0 Å². The topological polar surface area (TPSA) is 168 Å². The summed E-state index contributed by atoms with van der Waals surface area (Å²) in [6, 6.07) is 3.30. The van der Waals surface area contributed by atoms with E-state index in [0.717, 1.165) is 0 Å². The lowest BCUT2D eigenvalue weighted by Crippen LogP contribution is -2.57. The van der Waals surface area contributed by atoms with Crippen LogP contribution in [0.4, 0.5) is 9.18 Å². The van der Waals surface area contributed by atoms with E-state index in [2.05, 4.69) is 16.4 Å². The molecular weight excluding hydrogens is 583 g/mol. The van der Waals surface area contributed by atoms with Crippen LogP contribution in [0.25, 0.3) is 0 Å². The second-order valence-electron chi connectivity index (χ2n) is 14.0. The number of hydrogen-bond donors (Lipinski definition) is 2. The van der Waals surface area contributed by atoms with E-state index in [9.17, 15) is 24.4 Å². The Morgan fingerprint density at radius 1 is 1.24 bits per heavy atom. The molecule has 244 valence electrons. The summed E-state index contributed by atoms with van der Waals surface area (Å²) in [6.07, 6.45) is 0.715. The van der Waals surface area contributed by atoms with Gasteiger partial charge in [0, 0.05) is 25.7 Å². The number of alkyl carbamates (subject to hydrolysis) is 1. The molecule has 9 atom stereocenters. The van der Waals surface area contributed by atoms with Crippen LogP contribution in [0.5, 0.6) is 5.75 Å². The highest BCUT2D eigenvalue weighted by Crippen LogP contribution is 2.59. The predicted molar refractivity (Wildman–Crippen MR) is 159 cm³/mol. The fraction of sp³-hybridized carbons (Fsp3) is 0.688. The van der Waals surface area contributed by atoms with Crippen molar-refractivity contribution < 1.29 is 33.0 Å². The van der Waals surface area contributed by atoms with Crippen molar-refractivity contribution in [2.24, 2.45) is 40.7 Å². The van der Waals surface area contributed by atoms with E-state index in [-0.39, 0.29) is 50.4 Å². The lowest BCUT2D eigenvalue weighted by Gasteiger charge is -2.38. The third-order valence-electron chi connectivity index (χ3n) is 10.3. The van der Waals surface area contributed by atoms with E-state index in [0.29, 0.717) is 24.3 Å². The van der Waals surface area contributed by atoms with Crippen LogP contribution in [0.1, 0.15) is 52.7 Å². The molecule has 0 radical (unpaired) electrons. The van der Waals surface area contributed by atoms with Crippen molar-refractivity contribution in [2.45, 2.75) is 77.7 Å². The van der Waals surface area contributed by atoms with Gasteiger partial charge in [-0.2, -0.15) is 5.26 Å². The number of pyridine rings is 1. The van der Waals surface area contributed by atoms with Crippen LogP contribution in [-0.4, -0.2) is 88.7 Å². The van der Waals surface area contributed by atoms with Crippen LogP contribution in [0, 0.1) is 53.3 Å². The lowest BCUT2D eigenvalue weighted by atomic mass is 9.77. The molecule has 5 rings (SSSR count). The van der Waals surface area contributed by atoms with Crippen LogP contribution < -0.4 is 15.8 Å². The SMILES string of the molecule is CCOC(=O)NC[C@H](C(=O)N1C[C@@H]2[C@H]3C[C@@H]([C@@H]2[C@H]1C(=O)N1C[C@@](Oc2cccnc2C)(C(N)=O)CC1C#N)[C@H](F)C3)C(C)(C)C. The number of nitrogens with two attached hydrogens (primary N) is 1. The molecule has 1 aromatic heterocycles. The maximum atomic E-state index is 15.3. The van der Waals surface area contributed by atoms with Gasteiger partial charge in [0.2, 0.25) is 17.4 Å². The summed E-state index contributed by atoms with van der Waals surface area (Å²) in [6.45, 7) is 9.15. The van der Waals surface area contributed by atoms with Gasteiger partial charge in [-0.15, -0.1) is 0 Å². The van der Waals surface area contributed by atoms with Gasteiger partial charge in [-0.1, -0.05) is 20.8 Å². The van der Waals surface area contributed by atoms with Gasteiger partial charge in [0.1, 0.15) is 24.0 Å². The van der Waals surface area contributed by atoms with Gasteiger partial charge in [0.05, 0.1) is 30.8 Å². The zero-order valence-corrected chi connectivity index (χ0v) is 26.5. The average Bonchev–Trinajstić information content (AvgIpc) is 3.73. The van der Waals surface area contributed by atoms with Crippen LogP contribution in [0.3, 0.4) is 0 Å². The molecule has 4 fully saturated rings. The number of nitrogens with zero attached hydrogens (tertiary/aromatic N) is 4. The number of aryl methyl sites for hydroxylation is 1. The molecule has 2 aliphatic heterocycles. The van der Waals surface area contributed by atoms with Gasteiger partial charge in [-0.25, -0.2) is 9.18 Å². The third-order valence-corrected chi connectivity index (χ3v) is 10.3. The Morgan fingerprint density at radius 3 is 2.60 bits per heavy atom. The number of alkyl halides is 1. The van der Waals surface area contributed by atoms with E-state index in [4.69, 9.17) is 15.2 Å². The molecule has 12 nitrogen and oxygen atoms in total. The van der Waals surface area contributed by atoms with E-state index >= 15 is 4.39 Å². The number of fused-ring (bicyclic) bond motifs is 5. The Balaban J connectivity index is 1.48. The molecule has 0 aromatic carbocycles.